The van der Waals surface area contributed by atoms with Crippen molar-refractivity contribution in [2.24, 2.45) is 23.7 Å². The van der Waals surface area contributed by atoms with Crippen LogP contribution in [0.15, 0.2) is 24.5 Å². The zero-order valence-corrected chi connectivity index (χ0v) is 11.7. The number of amides is 2. The summed E-state index contributed by atoms with van der Waals surface area (Å²) >= 11 is 0. The average Bonchev–Trinajstić information content (AvgIpc) is 3.17. The minimum absolute atomic E-state index is 0.0997. The van der Waals surface area contributed by atoms with Gasteiger partial charge >= 0.3 is 6.03 Å². The maximum Gasteiger partial charge on any atom is 0.317 e. The van der Waals surface area contributed by atoms with E-state index in [0.717, 1.165) is 42.3 Å². The number of fused-ring (bicyclic) bond motifs is 5. The Morgan fingerprint density at radius 3 is 2.70 bits per heavy atom. The van der Waals surface area contributed by atoms with Crippen LogP contribution < -0.4 is 5.32 Å². The lowest BCUT2D eigenvalue weighted by Gasteiger charge is -2.22. The Bertz CT molecular complexity index is 486. The molecule has 4 atom stereocenters. The van der Waals surface area contributed by atoms with Gasteiger partial charge in [0.05, 0.1) is 0 Å². The summed E-state index contributed by atoms with van der Waals surface area (Å²) in [7, 11) is 0. The van der Waals surface area contributed by atoms with E-state index in [1.54, 1.807) is 12.4 Å². The van der Waals surface area contributed by atoms with Gasteiger partial charge in [0.1, 0.15) is 0 Å². The zero-order valence-electron chi connectivity index (χ0n) is 11.7. The van der Waals surface area contributed by atoms with Crippen LogP contribution in [0.2, 0.25) is 0 Å². The average molecular weight is 271 g/mol. The summed E-state index contributed by atoms with van der Waals surface area (Å²) in [6.07, 6.45) is 7.79. The summed E-state index contributed by atoms with van der Waals surface area (Å²) in [6, 6.07) is 3.99. The lowest BCUT2D eigenvalue weighted by atomic mass is 9.82. The molecule has 0 aromatic carbocycles. The van der Waals surface area contributed by atoms with Gasteiger partial charge in [-0.1, -0.05) is 6.07 Å². The van der Waals surface area contributed by atoms with Crippen LogP contribution >= 0.6 is 0 Å². The van der Waals surface area contributed by atoms with Crippen molar-refractivity contribution in [2.75, 3.05) is 13.1 Å². The molecule has 3 fully saturated rings. The largest absolute Gasteiger partial charge is 0.334 e. The van der Waals surface area contributed by atoms with E-state index in [-0.39, 0.29) is 6.03 Å². The second-order valence-electron chi connectivity index (χ2n) is 6.59. The first kappa shape index (κ1) is 12.2. The SMILES string of the molecule is O=C(NCc1cccnc1)N1C[C@@H]2[C@@H]3CC[C@@H](C3)[C@@H]2C1. The van der Waals surface area contributed by atoms with Gasteiger partial charge < -0.3 is 10.2 Å². The van der Waals surface area contributed by atoms with Gasteiger partial charge in [0.15, 0.2) is 0 Å². The van der Waals surface area contributed by atoms with Crippen molar-refractivity contribution in [2.45, 2.75) is 25.8 Å². The minimum atomic E-state index is 0.0997. The Hall–Kier alpha value is -1.58. The minimum Gasteiger partial charge on any atom is -0.334 e. The predicted octanol–water partition coefficient (Wildman–Crippen LogP) is 2.27. The molecule has 4 heteroatoms. The smallest absolute Gasteiger partial charge is 0.317 e. The fraction of sp³-hybridized carbons (Fsp3) is 0.625. The quantitative estimate of drug-likeness (QED) is 0.897. The topological polar surface area (TPSA) is 45.2 Å². The number of aromatic nitrogens is 1. The molecule has 0 spiro atoms. The molecule has 1 N–H and O–H groups in total. The number of urea groups is 1. The van der Waals surface area contributed by atoms with Crippen molar-refractivity contribution in [3.63, 3.8) is 0 Å². The maximum absolute atomic E-state index is 12.3. The molecule has 2 heterocycles. The fourth-order valence-corrected chi connectivity index (χ4v) is 4.64. The number of rotatable bonds is 2. The van der Waals surface area contributed by atoms with Crippen LogP contribution in [0.5, 0.6) is 0 Å². The van der Waals surface area contributed by atoms with Gasteiger partial charge in [-0.15, -0.1) is 0 Å². The Balaban J connectivity index is 1.34. The van der Waals surface area contributed by atoms with Crippen molar-refractivity contribution in [3.8, 4) is 0 Å². The first-order valence-electron chi connectivity index (χ1n) is 7.73. The van der Waals surface area contributed by atoms with E-state index in [2.05, 4.69) is 10.3 Å². The molecule has 1 saturated heterocycles. The van der Waals surface area contributed by atoms with Gasteiger partial charge in [-0.2, -0.15) is 0 Å². The highest BCUT2D eigenvalue weighted by Gasteiger charge is 2.52. The summed E-state index contributed by atoms with van der Waals surface area (Å²) in [4.78, 5) is 18.4. The third-order valence-corrected chi connectivity index (χ3v) is 5.59. The van der Waals surface area contributed by atoms with Gasteiger partial charge in [-0.25, -0.2) is 4.79 Å². The molecule has 2 bridgehead atoms. The zero-order chi connectivity index (χ0) is 13.5. The number of carbonyl (C=O) groups excluding carboxylic acids is 1. The fourth-order valence-electron chi connectivity index (χ4n) is 4.64. The highest BCUT2D eigenvalue weighted by Crippen LogP contribution is 2.55. The number of nitrogens with zero attached hydrogens (tertiary/aromatic N) is 2. The third-order valence-electron chi connectivity index (χ3n) is 5.59. The Labute approximate surface area is 119 Å². The summed E-state index contributed by atoms with van der Waals surface area (Å²) in [5.41, 5.74) is 1.06. The third kappa shape index (κ3) is 1.98. The van der Waals surface area contributed by atoms with Crippen molar-refractivity contribution in [1.29, 1.82) is 0 Å². The Morgan fingerprint density at radius 1 is 1.30 bits per heavy atom. The van der Waals surface area contributed by atoms with E-state index in [1.165, 1.54) is 19.3 Å². The van der Waals surface area contributed by atoms with Gasteiger partial charge in [-0.05, 0) is 54.6 Å². The highest BCUT2D eigenvalue weighted by atomic mass is 16.2. The molecule has 20 heavy (non-hydrogen) atoms. The van der Waals surface area contributed by atoms with Crippen molar-refractivity contribution in [3.05, 3.63) is 30.1 Å². The number of nitrogens with one attached hydrogen (secondary N) is 1. The number of carbonyl (C=O) groups is 1. The van der Waals surface area contributed by atoms with Crippen LogP contribution in [-0.4, -0.2) is 29.0 Å². The number of pyridine rings is 1. The highest BCUT2D eigenvalue weighted by molar-refractivity contribution is 5.74. The van der Waals surface area contributed by atoms with Crippen molar-refractivity contribution >= 4 is 6.03 Å². The van der Waals surface area contributed by atoms with E-state index in [1.807, 2.05) is 17.0 Å². The first-order valence-corrected chi connectivity index (χ1v) is 7.73. The molecule has 2 aliphatic carbocycles. The summed E-state index contributed by atoms with van der Waals surface area (Å²) in [6.45, 7) is 2.53. The Morgan fingerprint density at radius 2 is 2.05 bits per heavy atom. The lowest BCUT2D eigenvalue weighted by molar-refractivity contribution is 0.202. The normalized spacial score (nSPS) is 34.3. The number of hydrogen-bond donors (Lipinski definition) is 1. The molecule has 4 rings (SSSR count). The predicted molar refractivity (Wildman–Crippen MR) is 75.9 cm³/mol. The molecule has 2 amide bonds. The molecule has 3 aliphatic rings. The first-order chi connectivity index (χ1) is 9.81. The summed E-state index contributed by atoms with van der Waals surface area (Å²) < 4.78 is 0. The molecule has 1 aromatic heterocycles. The van der Waals surface area contributed by atoms with Crippen LogP contribution in [0, 0.1) is 23.7 Å². The van der Waals surface area contributed by atoms with E-state index in [0.29, 0.717) is 6.54 Å². The van der Waals surface area contributed by atoms with Crippen LogP contribution in [-0.2, 0) is 6.54 Å². The molecule has 106 valence electrons. The molecular formula is C16H21N3O. The van der Waals surface area contributed by atoms with Crippen molar-refractivity contribution < 1.29 is 4.79 Å². The number of hydrogen-bond acceptors (Lipinski definition) is 2. The molecule has 4 nitrogen and oxygen atoms in total. The van der Waals surface area contributed by atoms with Gasteiger partial charge in [0.25, 0.3) is 0 Å². The Kier molecular flexibility index (Phi) is 2.90. The van der Waals surface area contributed by atoms with E-state index in [4.69, 9.17) is 0 Å². The summed E-state index contributed by atoms with van der Waals surface area (Å²) in [5.74, 6) is 3.39. The van der Waals surface area contributed by atoms with Gasteiger partial charge in [0.2, 0.25) is 0 Å². The standard InChI is InChI=1S/C16H21N3O/c20-16(18-8-11-2-1-5-17-7-11)19-9-14-12-3-4-13(6-12)15(14)10-19/h1-2,5,7,12-15H,3-4,6,8-10H2,(H,18,20)/t12-,13+,14-,15+. The summed E-state index contributed by atoms with van der Waals surface area (Å²) in [5, 5.41) is 3.03. The van der Waals surface area contributed by atoms with E-state index < -0.39 is 0 Å². The van der Waals surface area contributed by atoms with Crippen LogP contribution in [0.1, 0.15) is 24.8 Å². The maximum atomic E-state index is 12.3. The molecule has 2 saturated carbocycles. The van der Waals surface area contributed by atoms with Crippen molar-refractivity contribution in [1.82, 2.24) is 15.2 Å². The van der Waals surface area contributed by atoms with Crippen LogP contribution in [0.3, 0.4) is 0 Å². The van der Waals surface area contributed by atoms with Gasteiger partial charge in [0, 0.05) is 32.0 Å². The number of likely N-dealkylation sites (tertiary alicyclic amines) is 1. The van der Waals surface area contributed by atoms with E-state index in [9.17, 15) is 4.79 Å². The molecule has 1 aliphatic heterocycles. The molecule has 0 radical (unpaired) electrons. The molecule has 0 unspecified atom stereocenters. The van der Waals surface area contributed by atoms with Crippen LogP contribution in [0.4, 0.5) is 4.79 Å². The lowest BCUT2D eigenvalue weighted by Crippen LogP contribution is -2.39. The monoisotopic (exact) mass is 271 g/mol. The second-order valence-corrected chi connectivity index (χ2v) is 6.59. The molecule has 1 aromatic rings. The molecular weight excluding hydrogens is 250 g/mol. The van der Waals surface area contributed by atoms with Crippen LogP contribution in [0.25, 0.3) is 0 Å². The van der Waals surface area contributed by atoms with E-state index >= 15 is 0 Å². The second kappa shape index (κ2) is 4.76. The van der Waals surface area contributed by atoms with Gasteiger partial charge in [-0.3, -0.25) is 4.98 Å².